The molecule has 0 saturated carbocycles. The van der Waals surface area contributed by atoms with Crippen LogP contribution in [0, 0.1) is 5.82 Å². The molecule has 2 aliphatic rings. The molecule has 1 unspecified atom stereocenters. The van der Waals surface area contributed by atoms with E-state index in [0.717, 1.165) is 54.4 Å². The third-order valence-corrected chi connectivity index (χ3v) is 6.28. The van der Waals surface area contributed by atoms with E-state index in [0.29, 0.717) is 12.2 Å². The van der Waals surface area contributed by atoms with E-state index < -0.39 is 0 Å². The number of halogens is 1. The quantitative estimate of drug-likeness (QED) is 0.632. The van der Waals surface area contributed by atoms with E-state index in [1.165, 1.54) is 0 Å². The summed E-state index contributed by atoms with van der Waals surface area (Å²) in [6.07, 6.45) is 4.85. The number of allylic oxidation sites excluding steroid dienone is 1. The highest BCUT2D eigenvalue weighted by Crippen LogP contribution is 2.28. The van der Waals surface area contributed by atoms with Gasteiger partial charge in [0, 0.05) is 42.7 Å². The predicted octanol–water partition coefficient (Wildman–Crippen LogP) is 4.85. The first-order chi connectivity index (χ1) is 14.0. The Kier molecular flexibility index (Phi) is 5.85. The SMILES string of the molecule is C=C(C)CCC1CN(c2ccn(-c3ccc(N4CCSCC4)c(F)c3)c2)C(=O)O1. The summed E-state index contributed by atoms with van der Waals surface area (Å²) in [7, 11) is 0. The molecular weight excluding hydrogens is 389 g/mol. The van der Waals surface area contributed by atoms with Crippen LogP contribution in [-0.4, -0.2) is 47.9 Å². The Hall–Kier alpha value is -2.41. The van der Waals surface area contributed by atoms with Crippen molar-refractivity contribution in [2.45, 2.75) is 25.9 Å². The molecule has 29 heavy (non-hydrogen) atoms. The number of hydrogen-bond donors (Lipinski definition) is 0. The second-order valence-corrected chi connectivity index (χ2v) is 8.85. The molecule has 0 bridgehead atoms. The number of amides is 1. The summed E-state index contributed by atoms with van der Waals surface area (Å²) in [4.78, 5) is 16.0. The van der Waals surface area contributed by atoms with Crippen molar-refractivity contribution in [3.63, 3.8) is 0 Å². The highest BCUT2D eigenvalue weighted by molar-refractivity contribution is 7.99. The lowest BCUT2D eigenvalue weighted by molar-refractivity contribution is 0.137. The Morgan fingerprint density at radius 1 is 1.28 bits per heavy atom. The molecule has 0 aliphatic carbocycles. The highest BCUT2D eigenvalue weighted by atomic mass is 32.2. The van der Waals surface area contributed by atoms with Crippen LogP contribution < -0.4 is 9.80 Å². The zero-order chi connectivity index (χ0) is 20.4. The number of thioether (sulfide) groups is 1. The summed E-state index contributed by atoms with van der Waals surface area (Å²) < 4.78 is 22.0. The normalized spacial score (nSPS) is 19.5. The van der Waals surface area contributed by atoms with E-state index in [4.69, 9.17) is 4.74 Å². The second kappa shape index (κ2) is 8.53. The minimum atomic E-state index is -0.334. The van der Waals surface area contributed by atoms with E-state index in [1.54, 1.807) is 11.0 Å². The average molecular weight is 416 g/mol. The highest BCUT2D eigenvalue weighted by Gasteiger charge is 2.32. The molecule has 4 rings (SSSR count). The summed E-state index contributed by atoms with van der Waals surface area (Å²) in [5.74, 6) is 1.84. The standard InChI is InChI=1S/C22H26FN3O2S/c1-16(2)3-5-19-15-26(22(27)28-19)18-7-8-25(14-18)17-4-6-21(20(23)13-17)24-9-11-29-12-10-24/h4,6-8,13-14,19H,1,3,5,9-12,15H2,2H3. The number of cyclic esters (lactones) is 1. The molecule has 1 aromatic carbocycles. The fourth-order valence-corrected chi connectivity index (χ4v) is 4.62. The maximum absolute atomic E-state index is 14.7. The van der Waals surface area contributed by atoms with Gasteiger partial charge in [-0.1, -0.05) is 5.57 Å². The number of rotatable bonds is 6. The smallest absolute Gasteiger partial charge is 0.414 e. The lowest BCUT2D eigenvalue weighted by Crippen LogP contribution is -2.33. The number of carbonyl (C=O) groups excluding carboxylic acids is 1. The van der Waals surface area contributed by atoms with Gasteiger partial charge < -0.3 is 14.2 Å². The van der Waals surface area contributed by atoms with Crippen LogP contribution in [0.15, 0.2) is 48.8 Å². The first-order valence-corrected chi connectivity index (χ1v) is 11.1. The van der Waals surface area contributed by atoms with E-state index in [9.17, 15) is 9.18 Å². The molecule has 1 aromatic heterocycles. The van der Waals surface area contributed by atoms with E-state index in [2.05, 4.69) is 11.5 Å². The molecule has 0 spiro atoms. The number of ether oxygens (including phenoxy) is 1. The summed E-state index contributed by atoms with van der Waals surface area (Å²) in [5.41, 5.74) is 3.23. The van der Waals surface area contributed by atoms with Gasteiger partial charge in [-0.25, -0.2) is 9.18 Å². The van der Waals surface area contributed by atoms with Crippen molar-refractivity contribution in [3.05, 3.63) is 54.6 Å². The summed E-state index contributed by atoms with van der Waals surface area (Å²) in [6.45, 7) is 8.15. The van der Waals surface area contributed by atoms with Crippen molar-refractivity contribution in [1.82, 2.24) is 4.57 Å². The first kappa shape index (κ1) is 19.9. The zero-order valence-corrected chi connectivity index (χ0v) is 17.5. The van der Waals surface area contributed by atoms with Crippen LogP contribution in [0.5, 0.6) is 0 Å². The molecule has 1 atom stereocenters. The van der Waals surface area contributed by atoms with E-state index in [1.807, 2.05) is 53.8 Å². The Balaban J connectivity index is 1.47. The number of nitrogens with zero attached hydrogens (tertiary/aromatic N) is 3. The van der Waals surface area contributed by atoms with Crippen LogP contribution >= 0.6 is 11.8 Å². The van der Waals surface area contributed by atoms with Gasteiger partial charge >= 0.3 is 6.09 Å². The molecule has 7 heteroatoms. The number of benzene rings is 1. The molecule has 154 valence electrons. The molecule has 0 N–H and O–H groups in total. The minimum absolute atomic E-state index is 0.123. The van der Waals surface area contributed by atoms with Crippen LogP contribution in [0.3, 0.4) is 0 Å². The fourth-order valence-electron chi connectivity index (χ4n) is 3.71. The van der Waals surface area contributed by atoms with E-state index in [-0.39, 0.29) is 18.0 Å². The zero-order valence-electron chi connectivity index (χ0n) is 16.6. The second-order valence-electron chi connectivity index (χ2n) is 7.62. The molecule has 1 amide bonds. The maximum atomic E-state index is 14.7. The molecule has 2 aromatic rings. The molecule has 2 aliphatic heterocycles. The van der Waals surface area contributed by atoms with Gasteiger partial charge in [0.15, 0.2) is 0 Å². The molecule has 5 nitrogen and oxygen atoms in total. The van der Waals surface area contributed by atoms with Crippen LogP contribution in [-0.2, 0) is 4.74 Å². The van der Waals surface area contributed by atoms with Crippen molar-refractivity contribution in [2.24, 2.45) is 0 Å². The Labute approximate surface area is 175 Å². The van der Waals surface area contributed by atoms with Gasteiger partial charge in [0.2, 0.25) is 0 Å². The van der Waals surface area contributed by atoms with Gasteiger partial charge in [-0.15, -0.1) is 6.58 Å². The number of anilines is 2. The van der Waals surface area contributed by atoms with Crippen molar-refractivity contribution < 1.29 is 13.9 Å². The lowest BCUT2D eigenvalue weighted by Gasteiger charge is -2.29. The van der Waals surface area contributed by atoms with Gasteiger partial charge in [0.1, 0.15) is 11.9 Å². The van der Waals surface area contributed by atoms with Crippen LogP contribution in [0.1, 0.15) is 19.8 Å². The van der Waals surface area contributed by atoms with Crippen molar-refractivity contribution in [1.29, 1.82) is 0 Å². The summed E-state index contributed by atoms with van der Waals surface area (Å²) >= 11 is 1.90. The topological polar surface area (TPSA) is 37.7 Å². The maximum Gasteiger partial charge on any atom is 0.414 e. The first-order valence-electron chi connectivity index (χ1n) is 9.94. The number of carbonyl (C=O) groups is 1. The summed E-state index contributed by atoms with van der Waals surface area (Å²) in [5, 5.41) is 0. The van der Waals surface area contributed by atoms with Gasteiger partial charge in [-0.2, -0.15) is 11.8 Å². The Morgan fingerprint density at radius 2 is 2.07 bits per heavy atom. The van der Waals surface area contributed by atoms with Gasteiger partial charge in [-0.3, -0.25) is 4.90 Å². The van der Waals surface area contributed by atoms with Crippen LogP contribution in [0.25, 0.3) is 5.69 Å². The van der Waals surface area contributed by atoms with Crippen molar-refractivity contribution in [3.8, 4) is 5.69 Å². The Morgan fingerprint density at radius 3 is 2.79 bits per heavy atom. The third-order valence-electron chi connectivity index (χ3n) is 5.34. The molecule has 2 saturated heterocycles. The van der Waals surface area contributed by atoms with Crippen molar-refractivity contribution in [2.75, 3.05) is 40.9 Å². The van der Waals surface area contributed by atoms with Gasteiger partial charge in [-0.05, 0) is 44.0 Å². The third kappa shape index (κ3) is 4.45. The van der Waals surface area contributed by atoms with Gasteiger partial charge in [0.25, 0.3) is 0 Å². The van der Waals surface area contributed by atoms with Crippen LogP contribution in [0.2, 0.25) is 0 Å². The predicted molar refractivity (Wildman–Crippen MR) is 117 cm³/mol. The van der Waals surface area contributed by atoms with Gasteiger partial charge in [0.05, 0.1) is 17.9 Å². The van der Waals surface area contributed by atoms with E-state index >= 15 is 0 Å². The molecule has 0 radical (unpaired) electrons. The summed E-state index contributed by atoms with van der Waals surface area (Å²) in [6, 6.07) is 7.18. The molecule has 3 heterocycles. The fraction of sp³-hybridized carbons (Fsp3) is 0.409. The number of hydrogen-bond acceptors (Lipinski definition) is 4. The Bertz CT molecular complexity index is 907. The molecular formula is C22H26FN3O2S. The van der Waals surface area contributed by atoms with Crippen molar-refractivity contribution >= 4 is 29.2 Å². The largest absolute Gasteiger partial charge is 0.444 e. The minimum Gasteiger partial charge on any atom is -0.444 e. The van der Waals surface area contributed by atoms with Crippen LogP contribution in [0.4, 0.5) is 20.6 Å². The lowest BCUT2D eigenvalue weighted by atomic mass is 10.1. The molecule has 2 fully saturated rings. The average Bonchev–Trinajstić information content (AvgIpc) is 3.33. The number of aromatic nitrogens is 1. The monoisotopic (exact) mass is 415 g/mol.